The van der Waals surface area contributed by atoms with Crippen molar-refractivity contribution in [3.63, 3.8) is 0 Å². The smallest absolute Gasteiger partial charge is 0.258 e. The molecule has 0 spiro atoms. The summed E-state index contributed by atoms with van der Waals surface area (Å²) in [6.07, 6.45) is 3.19. The molecule has 1 aromatic carbocycles. The topological polar surface area (TPSA) is 80.5 Å². The molecule has 0 atom stereocenters. The van der Waals surface area contributed by atoms with Crippen molar-refractivity contribution in [3.05, 3.63) is 34.1 Å². The first-order chi connectivity index (χ1) is 9.87. The van der Waals surface area contributed by atoms with Gasteiger partial charge < -0.3 is 0 Å². The molecule has 0 N–H and O–H groups in total. The first-order valence-corrected chi connectivity index (χ1v) is 8.27. The summed E-state index contributed by atoms with van der Waals surface area (Å²) in [7, 11) is -3.80. The number of nitrogens with zero attached hydrogens (tertiary/aromatic N) is 2. The van der Waals surface area contributed by atoms with Gasteiger partial charge >= 0.3 is 5.69 Å². The monoisotopic (exact) mass is 316 g/mol. The third kappa shape index (κ3) is 3.38. The number of unbranched alkanes of at least 4 members (excludes halogenated alkanes) is 1. The molecule has 0 unspecified atom stereocenters. The summed E-state index contributed by atoms with van der Waals surface area (Å²) in [5.41, 5.74) is -0.722. The maximum atomic E-state index is 13.6. The Labute approximate surface area is 122 Å². The van der Waals surface area contributed by atoms with E-state index in [4.69, 9.17) is 0 Å². The normalized spacial score (nSPS) is 15.4. The van der Waals surface area contributed by atoms with E-state index in [1.54, 1.807) is 0 Å². The van der Waals surface area contributed by atoms with Crippen molar-refractivity contribution >= 4 is 15.7 Å². The fourth-order valence-corrected chi connectivity index (χ4v) is 3.84. The molecule has 0 bridgehead atoms. The molecule has 1 aromatic rings. The van der Waals surface area contributed by atoms with Crippen LogP contribution in [0.15, 0.2) is 23.1 Å². The molecule has 1 fully saturated rings. The maximum Gasteiger partial charge on any atom is 0.304 e. The van der Waals surface area contributed by atoms with Crippen molar-refractivity contribution in [1.29, 1.82) is 0 Å². The van der Waals surface area contributed by atoms with Gasteiger partial charge in [-0.2, -0.15) is 8.70 Å². The zero-order valence-electron chi connectivity index (χ0n) is 11.7. The van der Waals surface area contributed by atoms with Crippen LogP contribution in [0.3, 0.4) is 0 Å². The molecule has 6 nitrogen and oxygen atoms in total. The first-order valence-electron chi connectivity index (χ1n) is 6.83. The molecular weight excluding hydrogens is 299 g/mol. The summed E-state index contributed by atoms with van der Waals surface area (Å²) in [5.74, 6) is -1.13. The molecule has 1 aliphatic carbocycles. The number of halogens is 1. The van der Waals surface area contributed by atoms with Crippen LogP contribution in [0.5, 0.6) is 0 Å². The SMILES string of the molecule is CCCCN(C1CC1)S(=O)(=O)c1ccc([N+](=O)[O-])c(F)c1. The summed E-state index contributed by atoms with van der Waals surface area (Å²) in [4.78, 5) is 9.48. The fourth-order valence-electron chi connectivity index (χ4n) is 2.11. The highest BCUT2D eigenvalue weighted by Gasteiger charge is 2.38. The second-order valence-electron chi connectivity index (χ2n) is 5.07. The number of sulfonamides is 1. The van der Waals surface area contributed by atoms with Crippen molar-refractivity contribution in [3.8, 4) is 0 Å². The van der Waals surface area contributed by atoms with Crippen LogP contribution in [0.1, 0.15) is 32.6 Å². The number of benzene rings is 1. The number of nitro groups is 1. The Morgan fingerprint density at radius 3 is 2.57 bits per heavy atom. The van der Waals surface area contributed by atoms with Gasteiger partial charge in [-0.1, -0.05) is 13.3 Å². The van der Waals surface area contributed by atoms with Gasteiger partial charge in [-0.25, -0.2) is 8.42 Å². The molecule has 21 heavy (non-hydrogen) atoms. The van der Waals surface area contributed by atoms with Crippen LogP contribution in [0.25, 0.3) is 0 Å². The van der Waals surface area contributed by atoms with Gasteiger partial charge in [0.05, 0.1) is 9.82 Å². The molecule has 1 aliphatic rings. The van der Waals surface area contributed by atoms with E-state index in [1.807, 2.05) is 6.92 Å². The van der Waals surface area contributed by atoms with Crippen molar-refractivity contribution in [1.82, 2.24) is 4.31 Å². The molecule has 8 heteroatoms. The van der Waals surface area contributed by atoms with Gasteiger partial charge in [-0.05, 0) is 25.3 Å². The van der Waals surface area contributed by atoms with Crippen molar-refractivity contribution in [2.24, 2.45) is 0 Å². The van der Waals surface area contributed by atoms with E-state index >= 15 is 0 Å². The van der Waals surface area contributed by atoms with E-state index in [0.717, 1.165) is 43.9 Å². The molecule has 0 heterocycles. The fraction of sp³-hybridized carbons (Fsp3) is 0.538. The minimum absolute atomic E-state index is 0.0280. The number of hydrogen-bond acceptors (Lipinski definition) is 4. The predicted octanol–water partition coefficient (Wildman–Crippen LogP) is 2.69. The minimum atomic E-state index is -3.80. The van der Waals surface area contributed by atoms with E-state index < -0.39 is 26.5 Å². The molecule has 0 amide bonds. The van der Waals surface area contributed by atoms with Crippen LogP contribution in [0.2, 0.25) is 0 Å². The Bertz CT molecular complexity index is 644. The van der Waals surface area contributed by atoms with E-state index in [2.05, 4.69) is 0 Å². The Hall–Kier alpha value is -1.54. The van der Waals surface area contributed by atoms with Gasteiger partial charge in [0.2, 0.25) is 15.8 Å². The highest BCUT2D eigenvalue weighted by Crippen LogP contribution is 2.33. The lowest BCUT2D eigenvalue weighted by Crippen LogP contribution is -2.34. The Balaban J connectivity index is 2.33. The lowest BCUT2D eigenvalue weighted by atomic mass is 10.3. The van der Waals surface area contributed by atoms with Crippen molar-refractivity contribution in [2.75, 3.05) is 6.54 Å². The number of nitro benzene ring substituents is 1. The van der Waals surface area contributed by atoms with Crippen molar-refractivity contribution < 1.29 is 17.7 Å². The second-order valence-corrected chi connectivity index (χ2v) is 6.96. The third-order valence-electron chi connectivity index (χ3n) is 3.41. The van der Waals surface area contributed by atoms with Gasteiger partial charge in [0, 0.05) is 24.7 Å². The minimum Gasteiger partial charge on any atom is -0.258 e. The Morgan fingerprint density at radius 2 is 2.10 bits per heavy atom. The molecule has 1 saturated carbocycles. The third-order valence-corrected chi connectivity index (χ3v) is 5.36. The largest absolute Gasteiger partial charge is 0.304 e. The number of rotatable bonds is 7. The van der Waals surface area contributed by atoms with Gasteiger partial charge in [-0.15, -0.1) is 0 Å². The average Bonchev–Trinajstić information content (AvgIpc) is 3.23. The van der Waals surface area contributed by atoms with Crippen LogP contribution in [-0.2, 0) is 10.0 Å². The van der Waals surface area contributed by atoms with E-state index in [0.29, 0.717) is 6.54 Å². The number of hydrogen-bond donors (Lipinski definition) is 0. The summed E-state index contributed by atoms with van der Waals surface area (Å²) < 4.78 is 40.1. The zero-order chi connectivity index (χ0) is 15.6. The van der Waals surface area contributed by atoms with E-state index in [1.165, 1.54) is 4.31 Å². The van der Waals surface area contributed by atoms with Crippen LogP contribution in [-0.4, -0.2) is 30.2 Å². The lowest BCUT2D eigenvalue weighted by Gasteiger charge is -2.21. The zero-order valence-corrected chi connectivity index (χ0v) is 12.5. The molecular formula is C13H17FN2O4S. The van der Waals surface area contributed by atoms with Crippen LogP contribution >= 0.6 is 0 Å². The molecule has 0 saturated heterocycles. The standard InChI is InChI=1S/C13H17FN2O4S/c1-2-3-8-15(10-4-5-10)21(19,20)11-6-7-13(16(17)18)12(14)9-11/h6-7,9-10H,2-5,8H2,1H3. The summed E-state index contributed by atoms with van der Waals surface area (Å²) >= 11 is 0. The summed E-state index contributed by atoms with van der Waals surface area (Å²) in [6, 6.07) is 2.69. The van der Waals surface area contributed by atoms with Gasteiger partial charge in [0.25, 0.3) is 0 Å². The molecule has 0 radical (unpaired) electrons. The lowest BCUT2D eigenvalue weighted by molar-refractivity contribution is -0.387. The molecule has 116 valence electrons. The average molecular weight is 316 g/mol. The van der Waals surface area contributed by atoms with Gasteiger partial charge in [0.1, 0.15) is 0 Å². The summed E-state index contributed by atoms with van der Waals surface area (Å²) in [6.45, 7) is 2.35. The molecule has 2 rings (SSSR count). The van der Waals surface area contributed by atoms with E-state index in [-0.39, 0.29) is 10.9 Å². The van der Waals surface area contributed by atoms with E-state index in [9.17, 15) is 22.9 Å². The molecule has 0 aromatic heterocycles. The predicted molar refractivity (Wildman–Crippen MR) is 74.9 cm³/mol. The van der Waals surface area contributed by atoms with Crippen molar-refractivity contribution in [2.45, 2.75) is 43.5 Å². The maximum absolute atomic E-state index is 13.6. The highest BCUT2D eigenvalue weighted by molar-refractivity contribution is 7.89. The molecule has 0 aliphatic heterocycles. The van der Waals surface area contributed by atoms with Crippen LogP contribution in [0, 0.1) is 15.9 Å². The second kappa shape index (κ2) is 6.07. The van der Waals surface area contributed by atoms with Crippen LogP contribution < -0.4 is 0 Å². The quantitative estimate of drug-likeness (QED) is 0.572. The van der Waals surface area contributed by atoms with Gasteiger partial charge in [0.15, 0.2) is 0 Å². The summed E-state index contributed by atoms with van der Waals surface area (Å²) in [5, 5.41) is 10.6. The van der Waals surface area contributed by atoms with Gasteiger partial charge in [-0.3, -0.25) is 10.1 Å². The Morgan fingerprint density at radius 1 is 1.43 bits per heavy atom. The first kappa shape index (κ1) is 15.8. The van der Waals surface area contributed by atoms with Crippen LogP contribution in [0.4, 0.5) is 10.1 Å². The highest BCUT2D eigenvalue weighted by atomic mass is 32.2. The Kier molecular flexibility index (Phi) is 4.58.